The summed E-state index contributed by atoms with van der Waals surface area (Å²) in [5.41, 5.74) is 0. The number of likely N-dealkylation sites (N-methyl/N-ethyl adjacent to an activating group) is 1. The average Bonchev–Trinajstić information content (AvgIpc) is 2.84. The van der Waals surface area contributed by atoms with E-state index in [1.165, 1.54) is 25.7 Å². The van der Waals surface area contributed by atoms with Crippen LogP contribution in [0, 0.1) is 0 Å². The van der Waals surface area contributed by atoms with Crippen LogP contribution < -0.4 is 0 Å². The molecule has 4 atom stereocenters. The Bertz CT molecular complexity index is 197. The van der Waals surface area contributed by atoms with Crippen LogP contribution in [0.25, 0.3) is 0 Å². The molecule has 0 aromatic carbocycles. The predicted octanol–water partition coefficient (Wildman–Crippen LogP) is 0.942. The molecule has 4 unspecified atom stereocenters. The van der Waals surface area contributed by atoms with E-state index in [1.54, 1.807) is 0 Å². The van der Waals surface area contributed by atoms with E-state index in [0.717, 1.165) is 0 Å². The molecule has 68 valence electrons. The van der Waals surface area contributed by atoms with Crippen molar-refractivity contribution in [3.63, 3.8) is 0 Å². The van der Waals surface area contributed by atoms with Gasteiger partial charge in [0, 0.05) is 6.04 Å². The molecule has 0 bridgehead atoms. The molecule has 1 saturated carbocycles. The third kappa shape index (κ3) is 0.934. The smallest absolute Gasteiger partial charge is 0.200 e. The van der Waals surface area contributed by atoms with E-state index in [-0.39, 0.29) is 12.5 Å². The summed E-state index contributed by atoms with van der Waals surface area (Å²) < 4.78 is 11.2. The van der Waals surface area contributed by atoms with Crippen LogP contribution in [0.5, 0.6) is 0 Å². The monoisotopic (exact) mass is 169 g/mol. The lowest BCUT2D eigenvalue weighted by molar-refractivity contribution is -0.0895. The summed E-state index contributed by atoms with van der Waals surface area (Å²) in [5, 5.41) is 0. The Hall–Kier alpha value is -0.120. The Morgan fingerprint density at radius 2 is 2.00 bits per heavy atom. The Morgan fingerprint density at radius 1 is 1.17 bits per heavy atom. The molecular formula is C9H15NO2. The maximum atomic E-state index is 5.77. The summed E-state index contributed by atoms with van der Waals surface area (Å²) in [6.07, 6.45) is 6.03. The van der Waals surface area contributed by atoms with Crippen LogP contribution in [0.3, 0.4) is 0 Å². The first-order valence-corrected chi connectivity index (χ1v) is 4.89. The summed E-state index contributed by atoms with van der Waals surface area (Å²) in [4.78, 5) is 2.36. The Balaban J connectivity index is 1.78. The van der Waals surface area contributed by atoms with Crippen molar-refractivity contribution >= 4 is 0 Å². The topological polar surface area (TPSA) is 25.0 Å². The molecular weight excluding hydrogens is 154 g/mol. The van der Waals surface area contributed by atoms with Crippen molar-refractivity contribution in [2.75, 3.05) is 7.05 Å². The highest BCUT2D eigenvalue weighted by Gasteiger charge is 2.53. The molecule has 0 spiro atoms. The summed E-state index contributed by atoms with van der Waals surface area (Å²) in [6.45, 7) is 0. The lowest BCUT2D eigenvalue weighted by Gasteiger charge is -2.39. The molecule has 3 fully saturated rings. The summed E-state index contributed by atoms with van der Waals surface area (Å²) in [6, 6.07) is 0.627. The molecule has 3 aliphatic rings. The zero-order chi connectivity index (χ0) is 8.13. The fourth-order valence-corrected chi connectivity index (χ4v) is 2.54. The number of rotatable bonds is 0. The molecule has 2 heterocycles. The normalized spacial score (nSPS) is 52.8. The van der Waals surface area contributed by atoms with Gasteiger partial charge in [0.1, 0.15) is 0 Å². The molecule has 2 saturated heterocycles. The van der Waals surface area contributed by atoms with Crippen LogP contribution >= 0.6 is 0 Å². The minimum absolute atomic E-state index is 0.106. The van der Waals surface area contributed by atoms with Crippen molar-refractivity contribution in [2.45, 2.75) is 50.3 Å². The zero-order valence-corrected chi connectivity index (χ0v) is 7.40. The number of nitrogens with zero attached hydrogens (tertiary/aromatic N) is 1. The number of hydrogen-bond donors (Lipinski definition) is 0. The minimum atomic E-state index is 0.106. The highest BCUT2D eigenvalue weighted by molar-refractivity contribution is 4.94. The third-order valence-electron chi connectivity index (χ3n) is 3.33. The van der Waals surface area contributed by atoms with Gasteiger partial charge in [-0.3, -0.25) is 4.90 Å². The number of ether oxygens (including phenoxy) is 2. The molecule has 1 aliphatic carbocycles. The van der Waals surface area contributed by atoms with E-state index in [1.807, 2.05) is 0 Å². The minimum Gasteiger partial charge on any atom is -0.344 e. The standard InChI is InChI=1S/C9H15NO2/c1-10-6-4-2-3-5-7(6)11-9-8(10)12-9/h6-9H,2-5H2,1H3. The van der Waals surface area contributed by atoms with Gasteiger partial charge >= 0.3 is 0 Å². The first-order valence-electron chi connectivity index (χ1n) is 4.89. The van der Waals surface area contributed by atoms with E-state index in [0.29, 0.717) is 12.1 Å². The zero-order valence-electron chi connectivity index (χ0n) is 7.40. The SMILES string of the molecule is CN1C2CCCCC2OC2OC21. The predicted molar refractivity (Wildman–Crippen MR) is 43.6 cm³/mol. The van der Waals surface area contributed by atoms with Crippen molar-refractivity contribution in [1.82, 2.24) is 4.90 Å². The van der Waals surface area contributed by atoms with Gasteiger partial charge in [0.15, 0.2) is 12.5 Å². The lowest BCUT2D eigenvalue weighted by atomic mass is 9.90. The lowest BCUT2D eigenvalue weighted by Crippen LogP contribution is -2.50. The molecule has 12 heavy (non-hydrogen) atoms. The molecule has 0 N–H and O–H groups in total. The second-order valence-electron chi connectivity index (χ2n) is 4.09. The van der Waals surface area contributed by atoms with E-state index >= 15 is 0 Å². The van der Waals surface area contributed by atoms with Crippen LogP contribution in [0.4, 0.5) is 0 Å². The number of hydrogen-bond acceptors (Lipinski definition) is 3. The van der Waals surface area contributed by atoms with E-state index < -0.39 is 0 Å². The van der Waals surface area contributed by atoms with Crippen molar-refractivity contribution in [2.24, 2.45) is 0 Å². The Labute approximate surface area is 72.6 Å². The van der Waals surface area contributed by atoms with E-state index in [2.05, 4.69) is 11.9 Å². The maximum Gasteiger partial charge on any atom is 0.200 e. The second-order valence-corrected chi connectivity index (χ2v) is 4.09. The van der Waals surface area contributed by atoms with Crippen LogP contribution in [0.2, 0.25) is 0 Å². The van der Waals surface area contributed by atoms with E-state index in [9.17, 15) is 0 Å². The van der Waals surface area contributed by atoms with Crippen LogP contribution in [0.15, 0.2) is 0 Å². The van der Waals surface area contributed by atoms with Crippen molar-refractivity contribution in [1.29, 1.82) is 0 Å². The largest absolute Gasteiger partial charge is 0.344 e. The van der Waals surface area contributed by atoms with Gasteiger partial charge < -0.3 is 9.47 Å². The van der Waals surface area contributed by atoms with Crippen LogP contribution in [0.1, 0.15) is 25.7 Å². The van der Waals surface area contributed by atoms with Gasteiger partial charge in [-0.15, -0.1) is 0 Å². The molecule has 0 amide bonds. The van der Waals surface area contributed by atoms with Crippen molar-refractivity contribution in [3.8, 4) is 0 Å². The summed E-state index contributed by atoms with van der Waals surface area (Å²) in [5.74, 6) is 0. The van der Waals surface area contributed by atoms with Gasteiger partial charge in [0.2, 0.25) is 0 Å². The highest BCUT2D eigenvalue weighted by Crippen LogP contribution is 2.40. The number of fused-ring (bicyclic) bond motifs is 2. The Kier molecular flexibility index (Phi) is 1.48. The van der Waals surface area contributed by atoms with Gasteiger partial charge in [-0.25, -0.2) is 0 Å². The summed E-state index contributed by atoms with van der Waals surface area (Å²) in [7, 11) is 2.16. The van der Waals surface area contributed by atoms with E-state index in [4.69, 9.17) is 9.47 Å². The summed E-state index contributed by atoms with van der Waals surface area (Å²) >= 11 is 0. The number of morpholine rings is 1. The average molecular weight is 169 g/mol. The molecule has 0 radical (unpaired) electrons. The van der Waals surface area contributed by atoms with Gasteiger partial charge in [0.05, 0.1) is 6.10 Å². The first kappa shape index (κ1) is 7.30. The maximum absolute atomic E-state index is 5.77. The quantitative estimate of drug-likeness (QED) is 0.505. The number of epoxide rings is 1. The Morgan fingerprint density at radius 3 is 2.92 bits per heavy atom. The van der Waals surface area contributed by atoms with Gasteiger partial charge in [-0.05, 0) is 19.9 Å². The van der Waals surface area contributed by atoms with Crippen molar-refractivity contribution < 1.29 is 9.47 Å². The molecule has 3 rings (SSSR count). The van der Waals surface area contributed by atoms with Crippen LogP contribution in [-0.4, -0.2) is 36.6 Å². The van der Waals surface area contributed by atoms with Gasteiger partial charge in [-0.2, -0.15) is 0 Å². The second kappa shape index (κ2) is 2.44. The molecule has 3 heteroatoms. The first-order chi connectivity index (χ1) is 5.86. The molecule has 0 aromatic heterocycles. The molecule has 3 nitrogen and oxygen atoms in total. The van der Waals surface area contributed by atoms with Gasteiger partial charge in [0.25, 0.3) is 0 Å². The fourth-order valence-electron chi connectivity index (χ4n) is 2.54. The third-order valence-corrected chi connectivity index (χ3v) is 3.33. The molecule has 0 aromatic rings. The van der Waals surface area contributed by atoms with Crippen molar-refractivity contribution in [3.05, 3.63) is 0 Å². The van der Waals surface area contributed by atoms with Gasteiger partial charge in [-0.1, -0.05) is 12.8 Å². The molecule has 2 aliphatic heterocycles. The van der Waals surface area contributed by atoms with Crippen LogP contribution in [-0.2, 0) is 9.47 Å². The highest BCUT2D eigenvalue weighted by atomic mass is 16.8. The fraction of sp³-hybridized carbons (Fsp3) is 1.00.